The Morgan fingerprint density at radius 3 is 2.52 bits per heavy atom. The van der Waals surface area contributed by atoms with E-state index in [-0.39, 0.29) is 36.1 Å². The summed E-state index contributed by atoms with van der Waals surface area (Å²) < 4.78 is 5.17. The number of benzene rings is 1. The molecule has 2 aliphatic heterocycles. The fourth-order valence-electron chi connectivity index (χ4n) is 4.01. The maximum Gasteiger partial charge on any atom is 0.289 e. The first-order valence-corrected chi connectivity index (χ1v) is 10.0. The molecule has 2 aromatic rings. The summed E-state index contributed by atoms with van der Waals surface area (Å²) in [6.07, 6.45) is 3.15. The lowest BCUT2D eigenvalue weighted by molar-refractivity contribution is -0.129. The molecular formula is C22H25N3O4. The molecule has 152 valence electrons. The molecule has 0 radical (unpaired) electrons. The van der Waals surface area contributed by atoms with Crippen LogP contribution in [0.25, 0.3) is 0 Å². The van der Waals surface area contributed by atoms with Crippen molar-refractivity contribution in [3.05, 3.63) is 60.1 Å². The monoisotopic (exact) mass is 395 g/mol. The van der Waals surface area contributed by atoms with Gasteiger partial charge in [0.2, 0.25) is 11.8 Å². The molecule has 7 heteroatoms. The van der Waals surface area contributed by atoms with Gasteiger partial charge in [-0.25, -0.2) is 0 Å². The van der Waals surface area contributed by atoms with Crippen molar-refractivity contribution in [2.45, 2.75) is 31.8 Å². The minimum atomic E-state index is -0.311. The van der Waals surface area contributed by atoms with Crippen molar-refractivity contribution >= 4 is 17.7 Å². The van der Waals surface area contributed by atoms with Crippen molar-refractivity contribution in [2.75, 3.05) is 19.6 Å². The van der Waals surface area contributed by atoms with Crippen LogP contribution in [0, 0.1) is 5.92 Å². The predicted molar refractivity (Wildman–Crippen MR) is 106 cm³/mol. The van der Waals surface area contributed by atoms with Gasteiger partial charge in [0.15, 0.2) is 5.76 Å². The zero-order valence-electron chi connectivity index (χ0n) is 16.3. The number of amides is 3. The average Bonchev–Trinajstić information content (AvgIpc) is 3.39. The average molecular weight is 395 g/mol. The Labute approximate surface area is 169 Å². The normalized spacial score (nSPS) is 20.1. The molecule has 1 N–H and O–H groups in total. The number of likely N-dealkylation sites (tertiary alicyclic amines) is 2. The molecule has 2 saturated heterocycles. The van der Waals surface area contributed by atoms with Crippen LogP contribution >= 0.6 is 0 Å². The highest BCUT2D eigenvalue weighted by Crippen LogP contribution is 2.22. The third kappa shape index (κ3) is 4.50. The van der Waals surface area contributed by atoms with Crippen LogP contribution in [0.5, 0.6) is 0 Å². The topological polar surface area (TPSA) is 82.9 Å². The Morgan fingerprint density at radius 1 is 1.07 bits per heavy atom. The van der Waals surface area contributed by atoms with Gasteiger partial charge in [-0.15, -0.1) is 0 Å². The van der Waals surface area contributed by atoms with Gasteiger partial charge < -0.3 is 19.5 Å². The van der Waals surface area contributed by atoms with Gasteiger partial charge >= 0.3 is 0 Å². The number of nitrogens with one attached hydrogen (secondary N) is 1. The molecule has 0 bridgehead atoms. The van der Waals surface area contributed by atoms with E-state index < -0.39 is 0 Å². The van der Waals surface area contributed by atoms with Gasteiger partial charge in [0.05, 0.1) is 12.2 Å². The van der Waals surface area contributed by atoms with E-state index >= 15 is 0 Å². The van der Waals surface area contributed by atoms with E-state index in [9.17, 15) is 14.4 Å². The van der Waals surface area contributed by atoms with Gasteiger partial charge in [0.1, 0.15) is 0 Å². The van der Waals surface area contributed by atoms with E-state index in [1.54, 1.807) is 21.9 Å². The minimum Gasteiger partial charge on any atom is -0.459 e. The van der Waals surface area contributed by atoms with Crippen LogP contribution < -0.4 is 5.32 Å². The zero-order valence-corrected chi connectivity index (χ0v) is 16.3. The lowest BCUT2D eigenvalue weighted by atomic mass is 10.0. The highest BCUT2D eigenvalue weighted by Gasteiger charge is 2.35. The number of carbonyl (C=O) groups is 3. The molecular weight excluding hydrogens is 370 g/mol. The number of hydrogen-bond donors (Lipinski definition) is 1. The smallest absolute Gasteiger partial charge is 0.289 e. The summed E-state index contributed by atoms with van der Waals surface area (Å²) in [5, 5.41) is 3.08. The Bertz CT molecular complexity index is 857. The summed E-state index contributed by atoms with van der Waals surface area (Å²) in [5.41, 5.74) is 1.07. The lowest BCUT2D eigenvalue weighted by Crippen LogP contribution is -2.48. The molecule has 2 aliphatic rings. The Kier molecular flexibility index (Phi) is 5.64. The van der Waals surface area contributed by atoms with Crippen molar-refractivity contribution < 1.29 is 18.8 Å². The molecule has 7 nitrogen and oxygen atoms in total. The van der Waals surface area contributed by atoms with E-state index in [0.717, 1.165) is 5.56 Å². The second kappa shape index (κ2) is 8.51. The third-order valence-electron chi connectivity index (χ3n) is 5.66. The third-order valence-corrected chi connectivity index (χ3v) is 5.66. The molecule has 0 aliphatic carbocycles. The number of furan rings is 1. The molecule has 0 spiro atoms. The first kappa shape index (κ1) is 19.2. The van der Waals surface area contributed by atoms with Crippen LogP contribution in [0.3, 0.4) is 0 Å². The molecule has 3 amide bonds. The van der Waals surface area contributed by atoms with E-state index in [0.29, 0.717) is 44.8 Å². The van der Waals surface area contributed by atoms with Crippen LogP contribution in [0.15, 0.2) is 53.1 Å². The first-order chi connectivity index (χ1) is 14.1. The molecule has 4 rings (SSSR count). The molecule has 2 fully saturated rings. The van der Waals surface area contributed by atoms with Gasteiger partial charge in [-0.3, -0.25) is 14.4 Å². The van der Waals surface area contributed by atoms with Gasteiger partial charge in [0.25, 0.3) is 5.91 Å². The highest BCUT2D eigenvalue weighted by molar-refractivity contribution is 5.91. The van der Waals surface area contributed by atoms with Crippen LogP contribution in [-0.2, 0) is 16.1 Å². The zero-order chi connectivity index (χ0) is 20.2. The number of hydrogen-bond acceptors (Lipinski definition) is 4. The Balaban J connectivity index is 1.25. The van der Waals surface area contributed by atoms with Crippen LogP contribution in [0.1, 0.15) is 35.4 Å². The number of rotatable bonds is 5. The van der Waals surface area contributed by atoms with Gasteiger partial charge in [-0.1, -0.05) is 30.3 Å². The van der Waals surface area contributed by atoms with Crippen molar-refractivity contribution in [1.29, 1.82) is 0 Å². The summed E-state index contributed by atoms with van der Waals surface area (Å²) >= 11 is 0. The van der Waals surface area contributed by atoms with Crippen molar-refractivity contribution in [3.63, 3.8) is 0 Å². The Morgan fingerprint density at radius 2 is 1.83 bits per heavy atom. The van der Waals surface area contributed by atoms with Gasteiger partial charge in [-0.05, 0) is 30.5 Å². The Hall–Kier alpha value is -3.09. The molecule has 3 heterocycles. The van der Waals surface area contributed by atoms with Crippen molar-refractivity contribution in [3.8, 4) is 0 Å². The largest absolute Gasteiger partial charge is 0.459 e. The molecule has 1 aromatic heterocycles. The molecule has 29 heavy (non-hydrogen) atoms. The number of carbonyl (C=O) groups excluding carboxylic acids is 3. The van der Waals surface area contributed by atoms with E-state index in [2.05, 4.69) is 5.32 Å². The first-order valence-electron chi connectivity index (χ1n) is 10.0. The van der Waals surface area contributed by atoms with E-state index in [4.69, 9.17) is 4.42 Å². The quantitative estimate of drug-likeness (QED) is 0.840. The van der Waals surface area contributed by atoms with E-state index in [1.807, 2.05) is 30.3 Å². The van der Waals surface area contributed by atoms with Crippen molar-refractivity contribution in [1.82, 2.24) is 15.1 Å². The number of nitrogens with zero attached hydrogens (tertiary/aromatic N) is 2. The van der Waals surface area contributed by atoms with Crippen LogP contribution in [0.4, 0.5) is 0 Å². The summed E-state index contributed by atoms with van der Waals surface area (Å²) in [7, 11) is 0. The lowest BCUT2D eigenvalue weighted by Gasteiger charge is -2.32. The van der Waals surface area contributed by atoms with E-state index in [1.165, 1.54) is 6.26 Å². The van der Waals surface area contributed by atoms with Crippen molar-refractivity contribution in [2.24, 2.45) is 5.92 Å². The van der Waals surface area contributed by atoms with Crippen LogP contribution in [0.2, 0.25) is 0 Å². The predicted octanol–water partition coefficient (Wildman–Crippen LogP) is 2.05. The second-order valence-corrected chi connectivity index (χ2v) is 7.71. The summed E-state index contributed by atoms with van der Waals surface area (Å²) in [4.78, 5) is 40.8. The van der Waals surface area contributed by atoms with Gasteiger partial charge in [0, 0.05) is 38.6 Å². The fourth-order valence-corrected chi connectivity index (χ4v) is 4.01. The van der Waals surface area contributed by atoms with Crippen LogP contribution in [-0.4, -0.2) is 53.2 Å². The minimum absolute atomic E-state index is 0.0212. The van der Waals surface area contributed by atoms with Gasteiger partial charge in [-0.2, -0.15) is 0 Å². The maximum atomic E-state index is 12.7. The standard InChI is InChI=1S/C22H25N3O4/c26-20-13-17(15-25(20)14-16-5-2-1-3-6-16)21(27)23-18-8-10-24(11-9-18)22(28)19-7-4-12-29-19/h1-7,12,17-18H,8-11,13-15H2,(H,23,27). The maximum absolute atomic E-state index is 12.7. The second-order valence-electron chi connectivity index (χ2n) is 7.71. The molecule has 0 saturated carbocycles. The SMILES string of the molecule is O=C(NC1CCN(C(=O)c2ccco2)CC1)C1CC(=O)N(Cc2ccccc2)C1. The number of piperidine rings is 1. The fraction of sp³-hybridized carbons (Fsp3) is 0.409. The molecule has 1 atom stereocenters. The molecule has 1 unspecified atom stereocenters. The highest BCUT2D eigenvalue weighted by atomic mass is 16.3. The summed E-state index contributed by atoms with van der Waals surface area (Å²) in [6, 6.07) is 13.2. The summed E-state index contributed by atoms with van der Waals surface area (Å²) in [6.45, 7) is 2.15. The molecule has 1 aromatic carbocycles. The summed E-state index contributed by atoms with van der Waals surface area (Å²) in [5.74, 6) is -0.125.